The smallest absolute Gasteiger partial charge is 0.385 e. The second-order valence-electron chi connectivity index (χ2n) is 4.17. The number of aromatic nitrogens is 2. The molecule has 0 aromatic carbocycles. The molecule has 0 amide bonds. The summed E-state index contributed by atoms with van der Waals surface area (Å²) in [6.45, 7) is 1.54. The first-order chi connectivity index (χ1) is 9.74. The lowest BCUT2D eigenvalue weighted by molar-refractivity contribution is -0.141. The van der Waals surface area contributed by atoms with Gasteiger partial charge in [0.15, 0.2) is 5.69 Å². The number of alkyl halides is 5. The van der Waals surface area contributed by atoms with E-state index in [1.54, 1.807) is 6.92 Å². The average molecular weight is 314 g/mol. The Hall–Kier alpha value is -1.71. The Labute approximate surface area is 117 Å². The number of rotatable bonds is 7. The Morgan fingerprint density at radius 3 is 2.43 bits per heavy atom. The Balaban J connectivity index is 2.91. The zero-order chi connectivity index (χ0) is 16.0. The quantitative estimate of drug-likeness (QED) is 0.674. The number of hydrogen-bond acceptors (Lipinski definition) is 5. The summed E-state index contributed by atoms with van der Waals surface area (Å²) >= 11 is 0. The molecule has 21 heavy (non-hydrogen) atoms. The van der Waals surface area contributed by atoms with Crippen LogP contribution in [0, 0.1) is 0 Å². The highest BCUT2D eigenvalue weighted by Gasteiger charge is 2.33. The Morgan fingerprint density at radius 1 is 1.24 bits per heavy atom. The molecule has 1 heterocycles. The molecule has 0 spiro atoms. The van der Waals surface area contributed by atoms with Crippen LogP contribution in [0.2, 0.25) is 0 Å². The van der Waals surface area contributed by atoms with Crippen molar-refractivity contribution in [2.75, 3.05) is 23.7 Å². The maximum Gasteiger partial charge on any atom is 0.433 e. The van der Waals surface area contributed by atoms with Crippen LogP contribution < -0.4 is 10.6 Å². The highest BCUT2D eigenvalue weighted by atomic mass is 19.4. The highest BCUT2D eigenvalue weighted by Crippen LogP contribution is 2.29. The summed E-state index contributed by atoms with van der Waals surface area (Å²) in [5, 5.41) is 13.8. The number of aliphatic hydroxyl groups is 1. The maximum absolute atomic E-state index is 12.7. The molecule has 1 atom stereocenters. The number of halogens is 5. The number of aliphatic hydroxyl groups excluding tert-OH is 1. The molecular formula is C11H15F5N4O. The number of nitrogens with zero attached hydrogens (tertiary/aromatic N) is 2. The Morgan fingerprint density at radius 2 is 1.90 bits per heavy atom. The fourth-order valence-electron chi connectivity index (χ4n) is 1.30. The Kier molecular flexibility index (Phi) is 6.06. The van der Waals surface area contributed by atoms with E-state index in [0.717, 1.165) is 0 Å². The monoisotopic (exact) mass is 314 g/mol. The first kappa shape index (κ1) is 17.3. The molecule has 120 valence electrons. The zero-order valence-corrected chi connectivity index (χ0v) is 11.1. The van der Waals surface area contributed by atoms with E-state index >= 15 is 0 Å². The topological polar surface area (TPSA) is 70.1 Å². The Bertz CT molecular complexity index is 455. The van der Waals surface area contributed by atoms with E-state index in [-0.39, 0.29) is 11.8 Å². The molecule has 0 saturated heterocycles. The van der Waals surface area contributed by atoms with Crippen molar-refractivity contribution in [3.8, 4) is 0 Å². The van der Waals surface area contributed by atoms with E-state index in [1.807, 2.05) is 0 Å². The molecule has 1 aromatic rings. The largest absolute Gasteiger partial charge is 0.433 e. The molecule has 1 rings (SSSR count). The van der Waals surface area contributed by atoms with Gasteiger partial charge in [-0.2, -0.15) is 18.2 Å². The molecule has 0 saturated carbocycles. The number of nitrogens with one attached hydrogen (secondary N) is 2. The summed E-state index contributed by atoms with van der Waals surface area (Å²) in [6.07, 6.45) is -9.05. The van der Waals surface area contributed by atoms with E-state index < -0.39 is 30.9 Å². The van der Waals surface area contributed by atoms with Gasteiger partial charge in [0.05, 0.1) is 0 Å². The lowest BCUT2D eigenvalue weighted by Crippen LogP contribution is -2.27. The summed E-state index contributed by atoms with van der Waals surface area (Å²) in [5.74, 6) is -0.559. The second kappa shape index (κ2) is 7.34. The zero-order valence-electron chi connectivity index (χ0n) is 11.1. The number of hydrogen-bond donors (Lipinski definition) is 3. The van der Waals surface area contributed by atoms with Crippen LogP contribution in [0.25, 0.3) is 0 Å². The van der Waals surface area contributed by atoms with Gasteiger partial charge < -0.3 is 15.7 Å². The lowest BCUT2D eigenvalue weighted by Gasteiger charge is -2.14. The van der Waals surface area contributed by atoms with Crippen molar-refractivity contribution >= 4 is 11.8 Å². The molecule has 3 N–H and O–H groups in total. The second-order valence-corrected chi connectivity index (χ2v) is 4.17. The van der Waals surface area contributed by atoms with E-state index in [4.69, 9.17) is 5.11 Å². The summed E-state index contributed by atoms with van der Waals surface area (Å²) in [4.78, 5) is 7.03. The van der Waals surface area contributed by atoms with Crippen molar-refractivity contribution in [2.24, 2.45) is 0 Å². The van der Waals surface area contributed by atoms with Crippen LogP contribution in [0.3, 0.4) is 0 Å². The molecule has 0 aliphatic heterocycles. The van der Waals surface area contributed by atoms with Gasteiger partial charge in [0.2, 0.25) is 5.95 Å². The van der Waals surface area contributed by atoms with Gasteiger partial charge in [-0.05, 0) is 6.42 Å². The first-order valence-electron chi connectivity index (χ1n) is 6.14. The van der Waals surface area contributed by atoms with E-state index in [9.17, 15) is 22.0 Å². The van der Waals surface area contributed by atoms with Gasteiger partial charge >= 0.3 is 6.18 Å². The van der Waals surface area contributed by atoms with Gasteiger partial charge in [-0.15, -0.1) is 0 Å². The minimum Gasteiger partial charge on any atom is -0.385 e. The predicted molar refractivity (Wildman–Crippen MR) is 66.3 cm³/mol. The van der Waals surface area contributed by atoms with Gasteiger partial charge in [0.25, 0.3) is 6.43 Å². The molecule has 0 fully saturated rings. The molecule has 0 aliphatic carbocycles. The van der Waals surface area contributed by atoms with Gasteiger partial charge in [-0.3, -0.25) is 0 Å². The van der Waals surface area contributed by atoms with E-state index in [0.29, 0.717) is 19.0 Å². The summed E-state index contributed by atoms with van der Waals surface area (Å²) in [5.41, 5.74) is -1.20. The first-order valence-corrected chi connectivity index (χ1v) is 6.14. The van der Waals surface area contributed by atoms with Crippen LogP contribution in [0.1, 0.15) is 19.0 Å². The van der Waals surface area contributed by atoms with E-state index in [1.165, 1.54) is 0 Å². The fraction of sp³-hybridized carbons (Fsp3) is 0.636. The van der Waals surface area contributed by atoms with Crippen molar-refractivity contribution in [3.63, 3.8) is 0 Å². The normalized spacial score (nSPS) is 13.3. The summed E-state index contributed by atoms with van der Waals surface area (Å²) in [7, 11) is 0. The highest BCUT2D eigenvalue weighted by molar-refractivity contribution is 5.43. The minimum absolute atomic E-state index is 0.263. The van der Waals surface area contributed by atoms with Crippen LogP contribution in [-0.4, -0.2) is 40.7 Å². The minimum atomic E-state index is -4.69. The summed E-state index contributed by atoms with van der Waals surface area (Å²) < 4.78 is 62.3. The van der Waals surface area contributed by atoms with Crippen molar-refractivity contribution in [1.29, 1.82) is 0 Å². The van der Waals surface area contributed by atoms with Gasteiger partial charge in [0, 0.05) is 19.2 Å². The third-order valence-corrected chi connectivity index (χ3v) is 2.33. The third-order valence-electron chi connectivity index (χ3n) is 2.33. The maximum atomic E-state index is 12.7. The molecule has 1 unspecified atom stereocenters. The average Bonchev–Trinajstić information content (AvgIpc) is 2.41. The molecular weight excluding hydrogens is 299 g/mol. The van der Waals surface area contributed by atoms with E-state index in [2.05, 4.69) is 20.6 Å². The van der Waals surface area contributed by atoms with Crippen molar-refractivity contribution < 1.29 is 27.1 Å². The molecule has 0 bridgehead atoms. The van der Waals surface area contributed by atoms with Crippen molar-refractivity contribution in [1.82, 2.24) is 9.97 Å². The van der Waals surface area contributed by atoms with Crippen LogP contribution in [0.5, 0.6) is 0 Å². The number of anilines is 2. The van der Waals surface area contributed by atoms with Crippen LogP contribution in [0.4, 0.5) is 33.7 Å². The standard InChI is InChI=1S/C11H15F5N4O/c1-2-3-17-10-19-7(11(14,15)16)4-8(20-10)18-5-6(21)9(12)13/h4,6,9,21H,2-3,5H2,1H3,(H2,17,18,19,20). The SMILES string of the molecule is CCCNc1nc(NCC(O)C(F)F)cc(C(F)(F)F)n1. The third kappa shape index (κ3) is 5.66. The molecule has 0 aliphatic rings. The van der Waals surface area contributed by atoms with Crippen molar-refractivity contribution in [2.45, 2.75) is 32.1 Å². The fourth-order valence-corrected chi connectivity index (χ4v) is 1.30. The molecule has 10 heteroatoms. The van der Waals surface area contributed by atoms with Crippen molar-refractivity contribution in [3.05, 3.63) is 11.8 Å². The molecule has 5 nitrogen and oxygen atoms in total. The van der Waals surface area contributed by atoms with Crippen LogP contribution in [-0.2, 0) is 6.18 Å². The molecule has 0 radical (unpaired) electrons. The van der Waals surface area contributed by atoms with Gasteiger partial charge in [-0.1, -0.05) is 6.92 Å². The predicted octanol–water partition coefficient (Wildman–Crippen LogP) is 2.36. The van der Waals surface area contributed by atoms with Gasteiger partial charge in [0.1, 0.15) is 11.9 Å². The van der Waals surface area contributed by atoms with Crippen LogP contribution in [0.15, 0.2) is 6.07 Å². The lowest BCUT2D eigenvalue weighted by atomic mass is 10.3. The molecule has 1 aromatic heterocycles. The summed E-state index contributed by atoms with van der Waals surface area (Å²) in [6, 6.07) is 0.593. The van der Waals surface area contributed by atoms with Gasteiger partial charge in [-0.25, -0.2) is 13.8 Å². The van der Waals surface area contributed by atoms with Crippen LogP contribution >= 0.6 is 0 Å².